The summed E-state index contributed by atoms with van der Waals surface area (Å²) in [6.07, 6.45) is 8.21. The fraction of sp³-hybridized carbons (Fsp3) is 0.917. The van der Waals surface area contributed by atoms with E-state index in [1.165, 1.54) is 32.1 Å². The molecule has 0 aromatic rings. The van der Waals surface area contributed by atoms with Crippen molar-refractivity contribution in [2.45, 2.75) is 57.0 Å². The van der Waals surface area contributed by atoms with Crippen LogP contribution < -0.4 is 11.1 Å². The van der Waals surface area contributed by atoms with Gasteiger partial charge in [0.2, 0.25) is 0 Å². The van der Waals surface area contributed by atoms with Crippen LogP contribution in [0.25, 0.3) is 0 Å². The SMILES string of the molecule is NC(=NC1CCS(=O)CC1)NC1CCCCC1. The molecule has 0 radical (unpaired) electrons. The van der Waals surface area contributed by atoms with Crippen LogP contribution in [0.15, 0.2) is 4.99 Å². The molecule has 1 heterocycles. The van der Waals surface area contributed by atoms with Crippen molar-refractivity contribution >= 4 is 16.8 Å². The Morgan fingerprint density at radius 1 is 1.12 bits per heavy atom. The van der Waals surface area contributed by atoms with Crippen LogP contribution in [0.5, 0.6) is 0 Å². The maximum atomic E-state index is 11.2. The molecule has 5 heteroatoms. The molecule has 2 aliphatic rings. The summed E-state index contributed by atoms with van der Waals surface area (Å²) in [4.78, 5) is 4.51. The Kier molecular flexibility index (Phi) is 4.83. The largest absolute Gasteiger partial charge is 0.370 e. The number of guanidine groups is 1. The van der Waals surface area contributed by atoms with E-state index in [1.54, 1.807) is 0 Å². The van der Waals surface area contributed by atoms with Crippen LogP contribution in [0.2, 0.25) is 0 Å². The van der Waals surface area contributed by atoms with Crippen LogP contribution in [0.4, 0.5) is 0 Å². The monoisotopic (exact) mass is 257 g/mol. The standard InChI is InChI=1S/C12H23N3OS/c13-12(14-10-4-2-1-3-5-10)15-11-6-8-17(16)9-7-11/h10-11H,1-9H2,(H3,13,14,15). The molecular formula is C12H23N3OS. The fourth-order valence-corrected chi connectivity index (χ4v) is 3.87. The second-order valence-corrected chi connectivity index (χ2v) is 6.77. The summed E-state index contributed by atoms with van der Waals surface area (Å²) in [6.45, 7) is 0. The second kappa shape index (κ2) is 6.38. The zero-order chi connectivity index (χ0) is 12.1. The molecule has 0 aromatic heterocycles. The van der Waals surface area contributed by atoms with Gasteiger partial charge in [-0.15, -0.1) is 0 Å². The van der Waals surface area contributed by atoms with Crippen LogP contribution in [-0.4, -0.2) is 33.8 Å². The Morgan fingerprint density at radius 2 is 1.76 bits per heavy atom. The zero-order valence-electron chi connectivity index (χ0n) is 10.4. The molecule has 1 saturated carbocycles. The van der Waals surface area contributed by atoms with Crippen LogP contribution >= 0.6 is 0 Å². The van der Waals surface area contributed by atoms with E-state index in [0.717, 1.165) is 24.3 Å². The molecule has 0 amide bonds. The van der Waals surface area contributed by atoms with Crippen molar-refractivity contribution in [2.24, 2.45) is 10.7 Å². The Balaban J connectivity index is 1.77. The van der Waals surface area contributed by atoms with Gasteiger partial charge < -0.3 is 11.1 Å². The highest BCUT2D eigenvalue weighted by atomic mass is 32.2. The molecule has 1 saturated heterocycles. The van der Waals surface area contributed by atoms with Gasteiger partial charge in [-0.25, -0.2) is 0 Å². The minimum Gasteiger partial charge on any atom is -0.370 e. The van der Waals surface area contributed by atoms with Crippen LogP contribution in [-0.2, 0) is 10.8 Å². The predicted octanol–water partition coefficient (Wildman–Crippen LogP) is 1.13. The lowest BCUT2D eigenvalue weighted by atomic mass is 9.96. The summed E-state index contributed by atoms with van der Waals surface area (Å²) in [5.41, 5.74) is 5.93. The maximum absolute atomic E-state index is 11.2. The maximum Gasteiger partial charge on any atom is 0.189 e. The molecule has 98 valence electrons. The summed E-state index contributed by atoms with van der Waals surface area (Å²) in [5, 5.41) is 3.33. The first kappa shape index (κ1) is 12.9. The third kappa shape index (κ3) is 4.30. The van der Waals surface area contributed by atoms with E-state index < -0.39 is 10.8 Å². The first-order chi connectivity index (χ1) is 8.24. The molecular weight excluding hydrogens is 234 g/mol. The summed E-state index contributed by atoms with van der Waals surface area (Å²) in [6, 6.07) is 0.800. The highest BCUT2D eigenvalue weighted by molar-refractivity contribution is 7.85. The highest BCUT2D eigenvalue weighted by Crippen LogP contribution is 2.17. The van der Waals surface area contributed by atoms with Crippen molar-refractivity contribution < 1.29 is 4.21 Å². The van der Waals surface area contributed by atoms with E-state index in [0.29, 0.717) is 12.0 Å². The second-order valence-electron chi connectivity index (χ2n) is 5.07. The Morgan fingerprint density at radius 3 is 2.41 bits per heavy atom. The number of rotatable bonds is 2. The molecule has 2 rings (SSSR count). The van der Waals surface area contributed by atoms with Gasteiger partial charge in [-0.2, -0.15) is 0 Å². The quantitative estimate of drug-likeness (QED) is 0.576. The molecule has 1 aliphatic heterocycles. The van der Waals surface area contributed by atoms with Crippen LogP contribution in [0, 0.1) is 0 Å². The lowest BCUT2D eigenvalue weighted by molar-refractivity contribution is 0.411. The van der Waals surface area contributed by atoms with Gasteiger partial charge in [0.25, 0.3) is 0 Å². The number of nitrogens with two attached hydrogens (primary N) is 1. The zero-order valence-corrected chi connectivity index (χ0v) is 11.2. The van der Waals surface area contributed by atoms with Gasteiger partial charge in [0, 0.05) is 28.3 Å². The Labute approximate surface area is 106 Å². The van der Waals surface area contributed by atoms with Gasteiger partial charge in [-0.05, 0) is 25.7 Å². The van der Waals surface area contributed by atoms with Crippen LogP contribution in [0.3, 0.4) is 0 Å². The molecule has 17 heavy (non-hydrogen) atoms. The smallest absolute Gasteiger partial charge is 0.189 e. The van der Waals surface area contributed by atoms with E-state index in [-0.39, 0.29) is 6.04 Å². The number of nitrogens with zero attached hydrogens (tertiary/aromatic N) is 1. The molecule has 0 bridgehead atoms. The predicted molar refractivity (Wildman–Crippen MR) is 72.5 cm³/mol. The molecule has 0 atom stereocenters. The third-order valence-electron chi connectivity index (χ3n) is 3.64. The van der Waals surface area contributed by atoms with Crippen molar-refractivity contribution in [3.05, 3.63) is 0 Å². The number of hydrogen-bond acceptors (Lipinski definition) is 2. The topological polar surface area (TPSA) is 67.5 Å². The van der Waals surface area contributed by atoms with Crippen molar-refractivity contribution in [3.63, 3.8) is 0 Å². The minimum atomic E-state index is -0.612. The summed E-state index contributed by atoms with van der Waals surface area (Å²) >= 11 is 0. The van der Waals surface area contributed by atoms with Gasteiger partial charge in [-0.1, -0.05) is 19.3 Å². The third-order valence-corrected chi connectivity index (χ3v) is 5.02. The van der Waals surface area contributed by atoms with Gasteiger partial charge in [-0.3, -0.25) is 9.20 Å². The van der Waals surface area contributed by atoms with Gasteiger partial charge >= 0.3 is 0 Å². The van der Waals surface area contributed by atoms with E-state index in [2.05, 4.69) is 10.3 Å². The van der Waals surface area contributed by atoms with E-state index in [4.69, 9.17) is 5.73 Å². The Hall–Kier alpha value is -0.580. The van der Waals surface area contributed by atoms with Crippen molar-refractivity contribution in [2.75, 3.05) is 11.5 Å². The molecule has 0 unspecified atom stereocenters. The van der Waals surface area contributed by atoms with Gasteiger partial charge in [0.1, 0.15) is 0 Å². The van der Waals surface area contributed by atoms with E-state index in [1.807, 2.05) is 0 Å². The lowest BCUT2D eigenvalue weighted by Gasteiger charge is -2.24. The van der Waals surface area contributed by atoms with Gasteiger partial charge in [0.15, 0.2) is 5.96 Å². The van der Waals surface area contributed by atoms with Crippen molar-refractivity contribution in [3.8, 4) is 0 Å². The number of hydrogen-bond donors (Lipinski definition) is 2. The fourth-order valence-electron chi connectivity index (χ4n) is 2.60. The molecule has 1 aliphatic carbocycles. The number of nitrogens with one attached hydrogen (secondary N) is 1. The molecule has 2 fully saturated rings. The van der Waals surface area contributed by atoms with Crippen LogP contribution in [0.1, 0.15) is 44.9 Å². The summed E-state index contributed by atoms with van der Waals surface area (Å²) in [7, 11) is -0.612. The average Bonchev–Trinajstić information content (AvgIpc) is 2.33. The van der Waals surface area contributed by atoms with E-state index in [9.17, 15) is 4.21 Å². The first-order valence-corrected chi connectivity index (χ1v) is 8.17. The molecule has 0 aromatic carbocycles. The van der Waals surface area contributed by atoms with Crippen molar-refractivity contribution in [1.29, 1.82) is 0 Å². The summed E-state index contributed by atoms with van der Waals surface area (Å²) < 4.78 is 11.2. The first-order valence-electron chi connectivity index (χ1n) is 6.69. The normalized spacial score (nSPS) is 32.4. The minimum absolute atomic E-state index is 0.281. The van der Waals surface area contributed by atoms with Gasteiger partial charge in [0.05, 0.1) is 6.04 Å². The lowest BCUT2D eigenvalue weighted by Crippen LogP contribution is -2.42. The van der Waals surface area contributed by atoms with E-state index >= 15 is 0 Å². The molecule has 4 nitrogen and oxygen atoms in total. The Bertz CT molecular complexity index is 290. The van der Waals surface area contributed by atoms with Crippen molar-refractivity contribution in [1.82, 2.24) is 5.32 Å². The number of aliphatic imine (C=N–C) groups is 1. The molecule has 0 spiro atoms. The highest BCUT2D eigenvalue weighted by Gasteiger charge is 2.18. The molecule has 3 N–H and O–H groups in total. The average molecular weight is 257 g/mol. The summed E-state index contributed by atoms with van der Waals surface area (Å²) in [5.74, 6) is 2.16.